The number of fused-ring (bicyclic) bond motifs is 1. The molecule has 0 unspecified atom stereocenters. The van der Waals surface area contributed by atoms with E-state index in [0.29, 0.717) is 18.5 Å². The number of amides is 2. The molecule has 5 heteroatoms. The number of aryl methyl sites for hydroxylation is 1. The largest absolute Gasteiger partial charge is 0.388 e. The van der Waals surface area contributed by atoms with Crippen molar-refractivity contribution >= 4 is 23.2 Å². The van der Waals surface area contributed by atoms with Gasteiger partial charge in [-0.3, -0.25) is 9.59 Å². The molecule has 1 aliphatic heterocycles. The minimum absolute atomic E-state index is 0.125. The van der Waals surface area contributed by atoms with Crippen LogP contribution in [-0.4, -0.2) is 32.5 Å². The van der Waals surface area contributed by atoms with Gasteiger partial charge in [0.15, 0.2) is 0 Å². The number of nitrogens with zero attached hydrogens (tertiary/aromatic N) is 1. The Balaban J connectivity index is 2.38. The van der Waals surface area contributed by atoms with Crippen LogP contribution in [0.1, 0.15) is 12.0 Å². The Labute approximate surface area is 106 Å². The van der Waals surface area contributed by atoms with E-state index in [9.17, 15) is 9.59 Å². The lowest BCUT2D eigenvalue weighted by molar-refractivity contribution is -0.126. The van der Waals surface area contributed by atoms with Gasteiger partial charge in [0, 0.05) is 19.2 Å². The lowest BCUT2D eigenvalue weighted by atomic mass is 10.0. The van der Waals surface area contributed by atoms with Gasteiger partial charge in [0.2, 0.25) is 11.8 Å². The molecule has 1 aromatic rings. The lowest BCUT2D eigenvalue weighted by Crippen LogP contribution is -2.44. The first-order valence-electron chi connectivity index (χ1n) is 5.98. The van der Waals surface area contributed by atoms with Gasteiger partial charge in [-0.15, -0.1) is 0 Å². The van der Waals surface area contributed by atoms with Crippen LogP contribution in [0.4, 0.5) is 11.4 Å². The number of imide groups is 1. The molecule has 0 fully saturated rings. The van der Waals surface area contributed by atoms with Crippen LogP contribution < -0.4 is 15.5 Å². The maximum atomic E-state index is 12.0. The summed E-state index contributed by atoms with van der Waals surface area (Å²) in [5, 5.41) is 5.84. The predicted octanol–water partition coefficient (Wildman–Crippen LogP) is 0.753. The van der Waals surface area contributed by atoms with Crippen molar-refractivity contribution in [2.24, 2.45) is 0 Å². The predicted molar refractivity (Wildman–Crippen MR) is 70.7 cm³/mol. The topological polar surface area (TPSA) is 61.4 Å². The normalized spacial score (nSPS) is 14.3. The molecule has 0 spiro atoms. The summed E-state index contributed by atoms with van der Waals surface area (Å²) < 4.78 is 0. The quantitative estimate of drug-likeness (QED) is 0.827. The zero-order valence-corrected chi connectivity index (χ0v) is 10.6. The SMILES string of the molecule is CNCC(=O)N1C(=O)CCc2cc(NC)ccc21. The van der Waals surface area contributed by atoms with Crippen molar-refractivity contribution in [1.29, 1.82) is 0 Å². The van der Waals surface area contributed by atoms with E-state index in [1.165, 1.54) is 4.90 Å². The van der Waals surface area contributed by atoms with E-state index < -0.39 is 0 Å². The molecule has 2 amide bonds. The summed E-state index contributed by atoms with van der Waals surface area (Å²) in [6.07, 6.45) is 1.07. The van der Waals surface area contributed by atoms with Crippen molar-refractivity contribution in [2.75, 3.05) is 30.9 Å². The molecule has 18 heavy (non-hydrogen) atoms. The summed E-state index contributed by atoms with van der Waals surface area (Å²) in [5.74, 6) is -0.333. The van der Waals surface area contributed by atoms with E-state index in [4.69, 9.17) is 0 Å². The van der Waals surface area contributed by atoms with E-state index in [2.05, 4.69) is 10.6 Å². The fraction of sp³-hybridized carbons (Fsp3) is 0.385. The van der Waals surface area contributed by atoms with Crippen molar-refractivity contribution in [3.05, 3.63) is 23.8 Å². The molecule has 1 heterocycles. The van der Waals surface area contributed by atoms with E-state index in [1.807, 2.05) is 25.2 Å². The second-order valence-electron chi connectivity index (χ2n) is 4.25. The Kier molecular flexibility index (Phi) is 3.62. The lowest BCUT2D eigenvalue weighted by Gasteiger charge is -2.28. The summed E-state index contributed by atoms with van der Waals surface area (Å²) in [7, 11) is 3.54. The molecule has 0 radical (unpaired) electrons. The Morgan fingerprint density at radius 2 is 2.11 bits per heavy atom. The number of anilines is 2. The summed E-state index contributed by atoms with van der Waals surface area (Å²) in [6.45, 7) is 0.166. The monoisotopic (exact) mass is 247 g/mol. The molecular formula is C13H17N3O2. The first-order valence-corrected chi connectivity index (χ1v) is 5.98. The fourth-order valence-electron chi connectivity index (χ4n) is 2.15. The van der Waals surface area contributed by atoms with Crippen LogP contribution >= 0.6 is 0 Å². The minimum atomic E-state index is -0.208. The third-order valence-electron chi connectivity index (χ3n) is 3.04. The van der Waals surface area contributed by atoms with Crippen molar-refractivity contribution < 1.29 is 9.59 Å². The van der Waals surface area contributed by atoms with Crippen LogP contribution in [0.25, 0.3) is 0 Å². The average molecular weight is 247 g/mol. The molecule has 2 rings (SSSR count). The molecule has 0 bridgehead atoms. The Morgan fingerprint density at radius 3 is 2.78 bits per heavy atom. The van der Waals surface area contributed by atoms with Crippen LogP contribution in [0, 0.1) is 0 Å². The molecular weight excluding hydrogens is 230 g/mol. The molecule has 5 nitrogen and oxygen atoms in total. The van der Waals surface area contributed by atoms with Crippen LogP contribution in [0.5, 0.6) is 0 Å². The maximum Gasteiger partial charge on any atom is 0.247 e. The maximum absolute atomic E-state index is 12.0. The van der Waals surface area contributed by atoms with Gasteiger partial charge < -0.3 is 10.6 Å². The molecule has 2 N–H and O–H groups in total. The highest BCUT2D eigenvalue weighted by Gasteiger charge is 2.28. The second kappa shape index (κ2) is 5.18. The highest BCUT2D eigenvalue weighted by atomic mass is 16.2. The van der Waals surface area contributed by atoms with Crippen molar-refractivity contribution in [3.63, 3.8) is 0 Å². The van der Waals surface area contributed by atoms with Crippen molar-refractivity contribution in [1.82, 2.24) is 5.32 Å². The molecule has 0 aliphatic carbocycles. The fourth-order valence-corrected chi connectivity index (χ4v) is 2.15. The molecule has 0 saturated carbocycles. The Bertz CT molecular complexity index is 485. The highest BCUT2D eigenvalue weighted by molar-refractivity contribution is 6.17. The van der Waals surface area contributed by atoms with E-state index in [0.717, 1.165) is 11.3 Å². The standard InChI is InChI=1S/C13H17N3O2/c1-14-8-13(18)16-11-5-4-10(15-2)7-9(11)3-6-12(16)17/h4-5,7,14-15H,3,6,8H2,1-2H3. The molecule has 1 aliphatic rings. The molecule has 0 atom stereocenters. The molecule has 0 aromatic heterocycles. The highest BCUT2D eigenvalue weighted by Crippen LogP contribution is 2.30. The first kappa shape index (κ1) is 12.6. The Hall–Kier alpha value is -1.88. The van der Waals surface area contributed by atoms with E-state index in [-0.39, 0.29) is 18.4 Å². The van der Waals surface area contributed by atoms with E-state index >= 15 is 0 Å². The van der Waals surface area contributed by atoms with Gasteiger partial charge in [-0.2, -0.15) is 0 Å². The number of carbonyl (C=O) groups excluding carboxylic acids is 2. The third-order valence-corrected chi connectivity index (χ3v) is 3.04. The summed E-state index contributed by atoms with van der Waals surface area (Å²) in [4.78, 5) is 25.1. The number of hydrogen-bond donors (Lipinski definition) is 2. The molecule has 1 aromatic carbocycles. The smallest absolute Gasteiger partial charge is 0.247 e. The summed E-state index contributed by atoms with van der Waals surface area (Å²) >= 11 is 0. The number of likely N-dealkylation sites (N-methyl/N-ethyl adjacent to an activating group) is 1. The van der Waals surface area contributed by atoms with Gasteiger partial charge in [0.25, 0.3) is 0 Å². The van der Waals surface area contributed by atoms with Gasteiger partial charge in [-0.05, 0) is 37.2 Å². The number of rotatable bonds is 3. The van der Waals surface area contributed by atoms with Crippen LogP contribution in [0.3, 0.4) is 0 Å². The van der Waals surface area contributed by atoms with E-state index in [1.54, 1.807) is 7.05 Å². The van der Waals surface area contributed by atoms with Crippen LogP contribution in [-0.2, 0) is 16.0 Å². The first-order chi connectivity index (χ1) is 8.67. The van der Waals surface area contributed by atoms with Gasteiger partial charge in [-0.25, -0.2) is 4.90 Å². The van der Waals surface area contributed by atoms with Crippen molar-refractivity contribution in [2.45, 2.75) is 12.8 Å². The summed E-state index contributed by atoms with van der Waals surface area (Å²) in [6, 6.07) is 5.68. The van der Waals surface area contributed by atoms with Gasteiger partial charge in [-0.1, -0.05) is 0 Å². The number of carbonyl (C=O) groups is 2. The van der Waals surface area contributed by atoms with Gasteiger partial charge in [0.1, 0.15) is 0 Å². The van der Waals surface area contributed by atoms with Crippen molar-refractivity contribution in [3.8, 4) is 0 Å². The number of benzene rings is 1. The second-order valence-corrected chi connectivity index (χ2v) is 4.25. The number of nitrogens with one attached hydrogen (secondary N) is 2. The average Bonchev–Trinajstić information content (AvgIpc) is 2.38. The third kappa shape index (κ3) is 2.22. The zero-order chi connectivity index (χ0) is 13.1. The molecule has 0 saturated heterocycles. The number of hydrogen-bond acceptors (Lipinski definition) is 4. The van der Waals surface area contributed by atoms with Crippen LogP contribution in [0.2, 0.25) is 0 Å². The summed E-state index contributed by atoms with van der Waals surface area (Å²) in [5.41, 5.74) is 2.74. The Morgan fingerprint density at radius 1 is 1.33 bits per heavy atom. The van der Waals surface area contributed by atoms with Crippen LogP contribution in [0.15, 0.2) is 18.2 Å². The molecule has 96 valence electrons. The minimum Gasteiger partial charge on any atom is -0.388 e. The van der Waals surface area contributed by atoms with Gasteiger partial charge in [0.05, 0.1) is 12.2 Å². The zero-order valence-electron chi connectivity index (χ0n) is 10.6. The van der Waals surface area contributed by atoms with Gasteiger partial charge >= 0.3 is 0 Å².